The first-order valence-corrected chi connectivity index (χ1v) is 10.1. The van der Waals surface area contributed by atoms with Crippen molar-refractivity contribution in [1.29, 1.82) is 0 Å². The molecule has 0 aliphatic carbocycles. The van der Waals surface area contributed by atoms with Crippen LogP contribution in [0.15, 0.2) is 30.3 Å². The number of benzene rings is 2. The van der Waals surface area contributed by atoms with Crippen molar-refractivity contribution in [2.75, 3.05) is 23.1 Å². The Bertz CT molecular complexity index is 945. The molecule has 5 nitrogen and oxygen atoms in total. The van der Waals surface area contributed by atoms with E-state index in [1.165, 1.54) is 12.1 Å². The summed E-state index contributed by atoms with van der Waals surface area (Å²) >= 11 is 0. The molecule has 1 aliphatic rings. The summed E-state index contributed by atoms with van der Waals surface area (Å²) < 4.78 is 69.7. The van der Waals surface area contributed by atoms with Gasteiger partial charge in [0.1, 0.15) is 11.5 Å². The van der Waals surface area contributed by atoms with Gasteiger partial charge < -0.3 is 10.6 Å². The van der Waals surface area contributed by atoms with Crippen LogP contribution >= 0.6 is 0 Å². The van der Waals surface area contributed by atoms with Crippen LogP contribution in [0.25, 0.3) is 0 Å². The van der Waals surface area contributed by atoms with Crippen molar-refractivity contribution in [1.82, 2.24) is 5.32 Å². The SMILES string of the molecule is Cc1ccc(Nc2c(NS(=O)(=O)C3CCNCC3)ccc(F)c2F)c(F)c1. The van der Waals surface area contributed by atoms with Crippen molar-refractivity contribution in [3.63, 3.8) is 0 Å². The van der Waals surface area contributed by atoms with Gasteiger partial charge in [0.2, 0.25) is 10.0 Å². The quantitative estimate of drug-likeness (QED) is 0.718. The van der Waals surface area contributed by atoms with Gasteiger partial charge in [-0.15, -0.1) is 0 Å². The van der Waals surface area contributed by atoms with Crippen LogP contribution in [0.1, 0.15) is 18.4 Å². The maximum Gasteiger partial charge on any atom is 0.235 e. The fourth-order valence-corrected chi connectivity index (χ4v) is 4.46. The second kappa shape index (κ2) is 7.77. The van der Waals surface area contributed by atoms with Crippen LogP contribution in [0.5, 0.6) is 0 Å². The summed E-state index contributed by atoms with van der Waals surface area (Å²) in [6.07, 6.45) is 0.822. The Morgan fingerprint density at radius 3 is 2.33 bits per heavy atom. The lowest BCUT2D eigenvalue weighted by atomic mass is 10.2. The number of sulfonamides is 1. The molecule has 3 N–H and O–H groups in total. The molecule has 0 bridgehead atoms. The average molecular weight is 399 g/mol. The summed E-state index contributed by atoms with van der Waals surface area (Å²) in [5.41, 5.74) is -0.0697. The highest BCUT2D eigenvalue weighted by molar-refractivity contribution is 7.93. The zero-order valence-corrected chi connectivity index (χ0v) is 15.5. The first kappa shape index (κ1) is 19.5. The summed E-state index contributed by atoms with van der Waals surface area (Å²) in [5.74, 6) is -3.12. The van der Waals surface area contributed by atoms with Crippen LogP contribution in [-0.4, -0.2) is 26.8 Å². The van der Waals surface area contributed by atoms with Crippen LogP contribution in [-0.2, 0) is 10.0 Å². The van der Waals surface area contributed by atoms with Gasteiger partial charge in [0.15, 0.2) is 11.6 Å². The Balaban J connectivity index is 1.95. The number of anilines is 3. The molecule has 1 heterocycles. The maximum absolute atomic E-state index is 14.4. The normalized spacial score (nSPS) is 15.6. The van der Waals surface area contributed by atoms with E-state index in [0.717, 1.165) is 12.1 Å². The topological polar surface area (TPSA) is 70.2 Å². The first-order chi connectivity index (χ1) is 12.8. The van der Waals surface area contributed by atoms with Gasteiger partial charge in [-0.2, -0.15) is 0 Å². The summed E-state index contributed by atoms with van der Waals surface area (Å²) in [4.78, 5) is 0. The fourth-order valence-electron chi connectivity index (χ4n) is 2.96. The minimum Gasteiger partial charge on any atom is -0.349 e. The van der Waals surface area contributed by atoms with E-state index < -0.39 is 38.4 Å². The molecular formula is C18H20F3N3O2S. The molecule has 0 unspecified atom stereocenters. The Kier molecular flexibility index (Phi) is 5.61. The highest BCUT2D eigenvalue weighted by Crippen LogP contribution is 2.33. The van der Waals surface area contributed by atoms with Crippen molar-refractivity contribution >= 4 is 27.1 Å². The minimum atomic E-state index is -3.81. The van der Waals surface area contributed by atoms with Gasteiger partial charge in [-0.25, -0.2) is 21.6 Å². The summed E-state index contributed by atoms with van der Waals surface area (Å²) in [6, 6.07) is 6.15. The van der Waals surface area contributed by atoms with Crippen molar-refractivity contribution in [2.45, 2.75) is 25.0 Å². The maximum atomic E-state index is 14.4. The standard InChI is InChI=1S/C18H20F3N3O2S/c1-11-2-4-15(14(20)10-11)23-18-16(5-3-13(19)17(18)21)24-27(25,26)12-6-8-22-9-7-12/h2-5,10,12,22-24H,6-9H2,1H3. The number of nitrogens with one attached hydrogen (secondary N) is 3. The largest absolute Gasteiger partial charge is 0.349 e. The van der Waals surface area contributed by atoms with Crippen LogP contribution < -0.4 is 15.4 Å². The molecular weight excluding hydrogens is 379 g/mol. The summed E-state index contributed by atoms with van der Waals surface area (Å²) in [7, 11) is -3.81. The van der Waals surface area contributed by atoms with Crippen LogP contribution in [0.4, 0.5) is 30.2 Å². The third-order valence-electron chi connectivity index (χ3n) is 4.46. The molecule has 3 rings (SSSR count). The monoisotopic (exact) mass is 399 g/mol. The number of hydrogen-bond donors (Lipinski definition) is 3. The number of halogens is 3. The highest BCUT2D eigenvalue weighted by Gasteiger charge is 2.28. The summed E-state index contributed by atoms with van der Waals surface area (Å²) in [6.45, 7) is 2.81. The minimum absolute atomic E-state index is 0.0904. The van der Waals surface area contributed by atoms with E-state index >= 15 is 0 Å². The van der Waals surface area contributed by atoms with Gasteiger partial charge in [-0.05, 0) is 62.7 Å². The molecule has 1 saturated heterocycles. The zero-order chi connectivity index (χ0) is 19.6. The van der Waals surface area contributed by atoms with Gasteiger partial charge in [-0.3, -0.25) is 4.72 Å². The van der Waals surface area contributed by atoms with Crippen molar-refractivity contribution in [3.05, 3.63) is 53.3 Å². The molecule has 9 heteroatoms. The molecule has 0 saturated carbocycles. The lowest BCUT2D eigenvalue weighted by Crippen LogP contribution is -2.38. The molecule has 2 aromatic rings. The van der Waals surface area contributed by atoms with Gasteiger partial charge in [0.05, 0.1) is 16.6 Å². The number of piperidine rings is 1. The Morgan fingerprint density at radius 2 is 1.67 bits per heavy atom. The molecule has 1 aliphatic heterocycles. The lowest BCUT2D eigenvalue weighted by molar-refractivity contribution is 0.498. The molecule has 0 spiro atoms. The third kappa shape index (κ3) is 4.36. The first-order valence-electron chi connectivity index (χ1n) is 8.51. The highest BCUT2D eigenvalue weighted by atomic mass is 32.2. The lowest BCUT2D eigenvalue weighted by Gasteiger charge is -2.24. The van der Waals surface area contributed by atoms with E-state index in [2.05, 4.69) is 15.4 Å². The molecule has 2 aromatic carbocycles. The summed E-state index contributed by atoms with van der Waals surface area (Å²) in [5, 5.41) is 4.90. The molecule has 146 valence electrons. The van der Waals surface area contributed by atoms with E-state index in [1.54, 1.807) is 13.0 Å². The number of aryl methyl sites for hydroxylation is 1. The average Bonchev–Trinajstić information content (AvgIpc) is 2.63. The van der Waals surface area contributed by atoms with Gasteiger partial charge in [-0.1, -0.05) is 6.07 Å². The Morgan fingerprint density at radius 1 is 1.00 bits per heavy atom. The van der Waals surface area contributed by atoms with E-state index in [1.807, 2.05) is 0 Å². The van der Waals surface area contributed by atoms with Gasteiger partial charge >= 0.3 is 0 Å². The smallest absolute Gasteiger partial charge is 0.235 e. The van der Waals surface area contributed by atoms with Gasteiger partial charge in [0.25, 0.3) is 0 Å². The number of hydrogen-bond acceptors (Lipinski definition) is 4. The molecule has 1 fully saturated rings. The molecule has 27 heavy (non-hydrogen) atoms. The second-order valence-electron chi connectivity index (χ2n) is 6.49. The van der Waals surface area contributed by atoms with Crippen molar-refractivity contribution < 1.29 is 21.6 Å². The molecule has 0 aromatic heterocycles. The number of rotatable bonds is 5. The third-order valence-corrected chi connectivity index (χ3v) is 6.31. The molecule has 0 amide bonds. The van der Waals surface area contributed by atoms with Crippen molar-refractivity contribution in [2.24, 2.45) is 0 Å². The predicted molar refractivity (Wildman–Crippen MR) is 99.2 cm³/mol. The van der Waals surface area contributed by atoms with Crippen LogP contribution in [0.2, 0.25) is 0 Å². The van der Waals surface area contributed by atoms with Gasteiger partial charge in [0, 0.05) is 0 Å². The Labute approximate surface area is 156 Å². The van der Waals surface area contributed by atoms with Crippen LogP contribution in [0.3, 0.4) is 0 Å². The van der Waals surface area contributed by atoms with E-state index in [-0.39, 0.29) is 11.4 Å². The Hall–Kier alpha value is -2.26. The second-order valence-corrected chi connectivity index (χ2v) is 8.45. The van der Waals surface area contributed by atoms with E-state index in [0.29, 0.717) is 31.5 Å². The predicted octanol–water partition coefficient (Wildman–Crippen LogP) is 3.65. The molecule has 0 atom stereocenters. The van der Waals surface area contributed by atoms with Crippen molar-refractivity contribution in [3.8, 4) is 0 Å². The van der Waals surface area contributed by atoms with Crippen LogP contribution in [0, 0.1) is 24.4 Å². The zero-order valence-electron chi connectivity index (χ0n) is 14.7. The molecule has 0 radical (unpaired) electrons. The van der Waals surface area contributed by atoms with E-state index in [4.69, 9.17) is 0 Å². The fraction of sp³-hybridized carbons (Fsp3) is 0.333. The van der Waals surface area contributed by atoms with E-state index in [9.17, 15) is 21.6 Å².